The summed E-state index contributed by atoms with van der Waals surface area (Å²) in [7, 11) is 0. The van der Waals surface area contributed by atoms with Gasteiger partial charge in [-0.05, 0) is 53.4 Å². The summed E-state index contributed by atoms with van der Waals surface area (Å²) in [5, 5.41) is 11.9. The maximum Gasteiger partial charge on any atom is 0.407 e. The molecule has 0 bridgehead atoms. The number of ether oxygens (including phenoxy) is 1. The van der Waals surface area contributed by atoms with Crippen molar-refractivity contribution in [2.75, 3.05) is 0 Å². The molecule has 0 unspecified atom stereocenters. The van der Waals surface area contributed by atoms with E-state index in [1.807, 2.05) is 20.8 Å². The van der Waals surface area contributed by atoms with E-state index in [-0.39, 0.29) is 6.04 Å². The lowest BCUT2D eigenvalue weighted by Gasteiger charge is -2.34. The minimum atomic E-state index is -0.752. The van der Waals surface area contributed by atoms with Crippen LogP contribution in [-0.4, -0.2) is 28.8 Å². The van der Waals surface area contributed by atoms with Crippen LogP contribution in [0.1, 0.15) is 53.4 Å². The Hall–Kier alpha value is -1.26. The molecule has 0 aromatic carbocycles. The molecule has 0 saturated heterocycles. The molecule has 1 aliphatic carbocycles. The number of nitrogens with one attached hydrogen (secondary N) is 1. The summed E-state index contributed by atoms with van der Waals surface area (Å²) < 4.78 is 5.17. The third kappa shape index (κ3) is 4.20. The van der Waals surface area contributed by atoms with Crippen LogP contribution in [0.5, 0.6) is 0 Å². The molecule has 0 spiro atoms. The van der Waals surface area contributed by atoms with Crippen molar-refractivity contribution in [1.82, 2.24) is 5.32 Å². The summed E-state index contributed by atoms with van der Waals surface area (Å²) in [5.74, 6) is -0.752. The number of carbonyl (C=O) groups is 2. The standard InChI is InChI=1S/C13H23NO4/c1-12(2,3)18-11(17)14-9-5-7-13(4,8-6-9)10(15)16/h9H,5-8H2,1-4H3,(H,14,17)(H,15,16). The molecule has 5 heteroatoms. The fourth-order valence-electron chi connectivity index (χ4n) is 2.09. The Morgan fingerprint density at radius 3 is 2.17 bits per heavy atom. The first-order valence-electron chi connectivity index (χ1n) is 6.35. The Kier molecular flexibility index (Phi) is 4.24. The molecule has 1 saturated carbocycles. The molecule has 104 valence electrons. The van der Waals surface area contributed by atoms with E-state index in [1.165, 1.54) is 0 Å². The highest BCUT2D eigenvalue weighted by molar-refractivity contribution is 5.74. The van der Waals surface area contributed by atoms with E-state index in [4.69, 9.17) is 9.84 Å². The van der Waals surface area contributed by atoms with Gasteiger partial charge in [0.1, 0.15) is 5.60 Å². The number of carboxylic acid groups (broad SMARTS) is 1. The average molecular weight is 257 g/mol. The summed E-state index contributed by atoms with van der Waals surface area (Å²) in [5.41, 5.74) is -1.15. The number of rotatable bonds is 2. The van der Waals surface area contributed by atoms with E-state index < -0.39 is 23.1 Å². The summed E-state index contributed by atoms with van der Waals surface area (Å²) >= 11 is 0. The minimum absolute atomic E-state index is 0.0206. The van der Waals surface area contributed by atoms with Gasteiger partial charge in [-0.2, -0.15) is 0 Å². The van der Waals surface area contributed by atoms with Crippen molar-refractivity contribution in [3.63, 3.8) is 0 Å². The summed E-state index contributed by atoms with van der Waals surface area (Å²) in [6, 6.07) is 0.0206. The molecular weight excluding hydrogens is 234 g/mol. The zero-order valence-corrected chi connectivity index (χ0v) is 11.6. The van der Waals surface area contributed by atoms with Gasteiger partial charge in [-0.3, -0.25) is 4.79 Å². The second-order valence-corrected chi connectivity index (χ2v) is 6.29. The molecular formula is C13H23NO4. The zero-order valence-electron chi connectivity index (χ0n) is 11.6. The van der Waals surface area contributed by atoms with Gasteiger partial charge < -0.3 is 15.2 Å². The monoisotopic (exact) mass is 257 g/mol. The number of carboxylic acids is 1. The molecule has 1 amide bonds. The van der Waals surface area contributed by atoms with Crippen LogP contribution in [0.2, 0.25) is 0 Å². The molecule has 0 aromatic rings. The average Bonchev–Trinajstić information content (AvgIpc) is 2.18. The number of hydrogen-bond donors (Lipinski definition) is 2. The van der Waals surface area contributed by atoms with Crippen LogP contribution in [0, 0.1) is 5.41 Å². The second kappa shape index (κ2) is 5.16. The smallest absolute Gasteiger partial charge is 0.407 e. The van der Waals surface area contributed by atoms with Gasteiger partial charge in [0.05, 0.1) is 5.41 Å². The topological polar surface area (TPSA) is 75.6 Å². The maximum atomic E-state index is 11.6. The van der Waals surface area contributed by atoms with Crippen LogP contribution < -0.4 is 5.32 Å². The Labute approximate surface area is 108 Å². The molecule has 1 rings (SSSR count). The van der Waals surface area contributed by atoms with Crippen molar-refractivity contribution >= 4 is 12.1 Å². The maximum absolute atomic E-state index is 11.6. The van der Waals surface area contributed by atoms with Crippen LogP contribution in [0.15, 0.2) is 0 Å². The fraction of sp³-hybridized carbons (Fsp3) is 0.846. The van der Waals surface area contributed by atoms with Gasteiger partial charge in [0.25, 0.3) is 0 Å². The first-order chi connectivity index (χ1) is 8.12. The third-order valence-corrected chi connectivity index (χ3v) is 3.33. The van der Waals surface area contributed by atoms with Gasteiger partial charge in [-0.15, -0.1) is 0 Å². The highest BCUT2D eigenvalue weighted by Gasteiger charge is 2.38. The molecule has 0 radical (unpaired) electrons. The summed E-state index contributed by atoms with van der Waals surface area (Å²) in [6.45, 7) is 7.21. The quantitative estimate of drug-likeness (QED) is 0.797. The number of aliphatic carboxylic acids is 1. The number of alkyl carbamates (subject to hydrolysis) is 1. The van der Waals surface area contributed by atoms with Gasteiger partial charge in [-0.25, -0.2) is 4.79 Å². The van der Waals surface area contributed by atoms with Crippen molar-refractivity contribution in [2.24, 2.45) is 5.41 Å². The molecule has 1 fully saturated rings. The van der Waals surface area contributed by atoms with E-state index >= 15 is 0 Å². The minimum Gasteiger partial charge on any atom is -0.481 e. The summed E-state index contributed by atoms with van der Waals surface area (Å²) in [4.78, 5) is 22.7. The van der Waals surface area contributed by atoms with Crippen LogP contribution in [0.25, 0.3) is 0 Å². The van der Waals surface area contributed by atoms with Crippen LogP contribution >= 0.6 is 0 Å². The molecule has 1 aliphatic rings. The molecule has 2 N–H and O–H groups in total. The third-order valence-electron chi connectivity index (χ3n) is 3.33. The van der Waals surface area contributed by atoms with E-state index in [0.29, 0.717) is 25.7 Å². The predicted molar refractivity (Wildman–Crippen MR) is 67.4 cm³/mol. The van der Waals surface area contributed by atoms with E-state index in [9.17, 15) is 9.59 Å². The lowest BCUT2D eigenvalue weighted by Crippen LogP contribution is -2.44. The van der Waals surface area contributed by atoms with Gasteiger partial charge in [0, 0.05) is 6.04 Å². The second-order valence-electron chi connectivity index (χ2n) is 6.29. The van der Waals surface area contributed by atoms with Gasteiger partial charge in [-0.1, -0.05) is 0 Å². The highest BCUT2D eigenvalue weighted by atomic mass is 16.6. The van der Waals surface area contributed by atoms with Crippen LogP contribution in [0.3, 0.4) is 0 Å². The number of hydrogen-bond acceptors (Lipinski definition) is 3. The van der Waals surface area contributed by atoms with Crippen molar-refractivity contribution < 1.29 is 19.4 Å². The molecule has 0 aromatic heterocycles. The van der Waals surface area contributed by atoms with E-state index in [1.54, 1.807) is 6.92 Å². The zero-order chi connectivity index (χ0) is 14.0. The van der Waals surface area contributed by atoms with Gasteiger partial charge in [0.2, 0.25) is 0 Å². The first kappa shape index (κ1) is 14.8. The van der Waals surface area contributed by atoms with E-state index in [2.05, 4.69) is 5.32 Å². The Balaban J connectivity index is 2.41. The van der Waals surface area contributed by atoms with Gasteiger partial charge in [0.15, 0.2) is 0 Å². The van der Waals surface area contributed by atoms with Gasteiger partial charge >= 0.3 is 12.1 Å². The van der Waals surface area contributed by atoms with Crippen molar-refractivity contribution in [3.05, 3.63) is 0 Å². The molecule has 18 heavy (non-hydrogen) atoms. The van der Waals surface area contributed by atoms with Crippen molar-refractivity contribution in [3.8, 4) is 0 Å². The lowest BCUT2D eigenvalue weighted by molar-refractivity contribution is -0.150. The largest absolute Gasteiger partial charge is 0.481 e. The van der Waals surface area contributed by atoms with E-state index in [0.717, 1.165) is 0 Å². The van der Waals surface area contributed by atoms with Crippen LogP contribution in [0.4, 0.5) is 4.79 Å². The van der Waals surface area contributed by atoms with Crippen molar-refractivity contribution in [1.29, 1.82) is 0 Å². The Morgan fingerprint density at radius 2 is 1.78 bits per heavy atom. The Morgan fingerprint density at radius 1 is 1.28 bits per heavy atom. The van der Waals surface area contributed by atoms with Crippen LogP contribution in [-0.2, 0) is 9.53 Å². The number of amides is 1. The molecule has 5 nitrogen and oxygen atoms in total. The lowest BCUT2D eigenvalue weighted by atomic mass is 9.74. The number of carbonyl (C=O) groups excluding carboxylic acids is 1. The molecule has 0 aliphatic heterocycles. The Bertz CT molecular complexity index is 324. The molecule has 0 atom stereocenters. The first-order valence-corrected chi connectivity index (χ1v) is 6.35. The van der Waals surface area contributed by atoms with Crippen molar-refractivity contribution in [2.45, 2.75) is 65.0 Å². The molecule has 0 heterocycles. The normalized spacial score (nSPS) is 28.6. The highest BCUT2D eigenvalue weighted by Crippen LogP contribution is 2.36. The predicted octanol–water partition coefficient (Wildman–Crippen LogP) is 2.54. The summed E-state index contributed by atoms with van der Waals surface area (Å²) in [6.07, 6.45) is 2.11. The SMILES string of the molecule is CC(C)(C)OC(=O)NC1CCC(C)(C(=O)O)CC1. The fourth-order valence-corrected chi connectivity index (χ4v) is 2.09.